The van der Waals surface area contributed by atoms with Gasteiger partial charge in [-0.15, -0.1) is 24.0 Å². The molecule has 4 rings (SSSR count). The topological polar surface area (TPSA) is 64.1 Å². The fraction of sp³-hybridized carbons (Fsp3) is 0.611. The molecule has 0 aromatic heterocycles. The molecule has 0 atom stereocenters. The third-order valence-corrected chi connectivity index (χ3v) is 5.39. The van der Waals surface area contributed by atoms with Crippen molar-refractivity contribution in [3.8, 4) is 17.2 Å². The van der Waals surface area contributed by atoms with Crippen LogP contribution in [0.1, 0.15) is 31.2 Å². The summed E-state index contributed by atoms with van der Waals surface area (Å²) in [6.07, 6.45) is 5.21. The maximum absolute atomic E-state index is 12.7. The van der Waals surface area contributed by atoms with Crippen LogP contribution in [0.3, 0.4) is 0 Å². The number of nitrogens with one attached hydrogen (secondary N) is 2. The van der Waals surface area contributed by atoms with E-state index in [0.717, 1.165) is 12.5 Å². The van der Waals surface area contributed by atoms with Gasteiger partial charge < -0.3 is 24.8 Å². The van der Waals surface area contributed by atoms with E-state index in [4.69, 9.17) is 9.47 Å². The van der Waals surface area contributed by atoms with Gasteiger partial charge in [0.15, 0.2) is 17.5 Å². The van der Waals surface area contributed by atoms with Crippen molar-refractivity contribution in [2.45, 2.75) is 38.8 Å². The Kier molecular flexibility index (Phi) is 6.17. The minimum absolute atomic E-state index is 0. The van der Waals surface area contributed by atoms with Crippen LogP contribution in [0, 0.1) is 11.3 Å². The third kappa shape index (κ3) is 4.67. The summed E-state index contributed by atoms with van der Waals surface area (Å²) in [7, 11) is 1.70. The summed E-state index contributed by atoms with van der Waals surface area (Å²) in [6.45, 7) is -1.64. The SMILES string of the molecule is CN=C(NCc1cc2c(cc1OC(F)F)OCO2)NCC1(C2CC2)CC1.I. The number of alkyl halides is 2. The second kappa shape index (κ2) is 8.24. The van der Waals surface area contributed by atoms with Crippen molar-refractivity contribution >= 4 is 29.9 Å². The van der Waals surface area contributed by atoms with E-state index >= 15 is 0 Å². The molecule has 0 radical (unpaired) electrons. The molecule has 1 heterocycles. The lowest BCUT2D eigenvalue weighted by Crippen LogP contribution is -2.40. The zero-order valence-electron chi connectivity index (χ0n) is 15.1. The largest absolute Gasteiger partial charge is 0.454 e. The number of hydrogen-bond acceptors (Lipinski definition) is 4. The van der Waals surface area contributed by atoms with E-state index in [1.165, 1.54) is 31.7 Å². The van der Waals surface area contributed by atoms with Crippen LogP contribution >= 0.6 is 24.0 Å². The van der Waals surface area contributed by atoms with Gasteiger partial charge in [-0.1, -0.05) is 0 Å². The lowest BCUT2D eigenvalue weighted by atomic mass is 10.0. The summed E-state index contributed by atoms with van der Waals surface area (Å²) in [5.74, 6) is 2.51. The van der Waals surface area contributed by atoms with Gasteiger partial charge in [-0.25, -0.2) is 0 Å². The molecule has 2 fully saturated rings. The maximum Gasteiger partial charge on any atom is 0.387 e. The second-order valence-corrected chi connectivity index (χ2v) is 7.11. The molecule has 9 heteroatoms. The van der Waals surface area contributed by atoms with Gasteiger partial charge in [0, 0.05) is 31.8 Å². The van der Waals surface area contributed by atoms with Gasteiger partial charge in [0.05, 0.1) is 0 Å². The van der Waals surface area contributed by atoms with Crippen LogP contribution in [0.5, 0.6) is 17.2 Å². The molecule has 1 aromatic carbocycles. The molecule has 0 amide bonds. The first-order valence-corrected chi connectivity index (χ1v) is 8.91. The van der Waals surface area contributed by atoms with E-state index < -0.39 is 6.61 Å². The van der Waals surface area contributed by atoms with Crippen LogP contribution in [0.15, 0.2) is 17.1 Å². The predicted molar refractivity (Wildman–Crippen MR) is 107 cm³/mol. The Morgan fingerprint density at radius 2 is 1.96 bits per heavy atom. The molecule has 0 saturated heterocycles. The fourth-order valence-corrected chi connectivity index (χ4v) is 3.55. The van der Waals surface area contributed by atoms with Gasteiger partial charge >= 0.3 is 6.61 Å². The molecule has 2 aliphatic carbocycles. The minimum Gasteiger partial charge on any atom is -0.454 e. The van der Waals surface area contributed by atoms with E-state index in [0.29, 0.717) is 28.4 Å². The lowest BCUT2D eigenvalue weighted by Gasteiger charge is -2.19. The monoisotopic (exact) mass is 495 g/mol. The Labute approximate surface area is 174 Å². The molecule has 1 aliphatic heterocycles. The first kappa shape index (κ1) is 20.2. The van der Waals surface area contributed by atoms with Crippen molar-refractivity contribution < 1.29 is 23.0 Å². The van der Waals surface area contributed by atoms with Crippen LogP contribution in [-0.4, -0.2) is 33.0 Å². The predicted octanol–water partition coefficient (Wildman–Crippen LogP) is 3.49. The fourth-order valence-electron chi connectivity index (χ4n) is 3.55. The number of rotatable bonds is 7. The number of nitrogens with zero attached hydrogens (tertiary/aromatic N) is 1. The molecule has 2 saturated carbocycles. The Bertz CT molecular complexity index is 709. The summed E-state index contributed by atoms with van der Waals surface area (Å²) in [6, 6.07) is 3.10. The van der Waals surface area contributed by atoms with E-state index in [1.807, 2.05) is 0 Å². The highest BCUT2D eigenvalue weighted by molar-refractivity contribution is 14.0. The van der Waals surface area contributed by atoms with E-state index in [-0.39, 0.29) is 43.1 Å². The van der Waals surface area contributed by atoms with Crippen LogP contribution in [0.25, 0.3) is 0 Å². The lowest BCUT2D eigenvalue weighted by molar-refractivity contribution is -0.0505. The Hall–Kier alpha value is -1.52. The van der Waals surface area contributed by atoms with E-state index in [9.17, 15) is 8.78 Å². The molecule has 2 N–H and O–H groups in total. The van der Waals surface area contributed by atoms with Gasteiger partial charge in [-0.05, 0) is 43.1 Å². The summed E-state index contributed by atoms with van der Waals surface area (Å²) < 4.78 is 40.6. The van der Waals surface area contributed by atoms with Gasteiger partial charge in [0.1, 0.15) is 5.75 Å². The summed E-state index contributed by atoms with van der Waals surface area (Å²) >= 11 is 0. The number of hydrogen-bond donors (Lipinski definition) is 2. The normalized spacial score (nSPS) is 19.5. The number of benzene rings is 1. The van der Waals surface area contributed by atoms with Gasteiger partial charge in [0.2, 0.25) is 6.79 Å². The number of ether oxygens (including phenoxy) is 3. The maximum atomic E-state index is 12.7. The van der Waals surface area contributed by atoms with Crippen molar-refractivity contribution in [3.63, 3.8) is 0 Å². The summed E-state index contributed by atoms with van der Waals surface area (Å²) in [5.41, 5.74) is 1.00. The quantitative estimate of drug-likeness (QED) is 0.345. The molecule has 0 bridgehead atoms. The van der Waals surface area contributed by atoms with Crippen molar-refractivity contribution in [1.29, 1.82) is 0 Å². The highest BCUT2D eigenvalue weighted by Crippen LogP contribution is 2.60. The van der Waals surface area contributed by atoms with Gasteiger partial charge in [-0.2, -0.15) is 8.78 Å². The van der Waals surface area contributed by atoms with Crippen LogP contribution in [0.4, 0.5) is 8.78 Å². The average molecular weight is 495 g/mol. The minimum atomic E-state index is -2.90. The van der Waals surface area contributed by atoms with Crippen LogP contribution < -0.4 is 24.8 Å². The molecule has 0 spiro atoms. The number of guanidine groups is 1. The number of halogens is 3. The first-order valence-electron chi connectivity index (χ1n) is 8.91. The standard InChI is InChI=1S/C18H23F2N3O3.HI/c1-21-17(23-9-18(4-5-18)12-2-3-12)22-8-11-6-14-15(25-10-24-14)7-13(11)26-16(19)20;/h6-7,12,16H,2-5,8-10H2,1H3,(H2,21,22,23);1H. The second-order valence-electron chi connectivity index (χ2n) is 7.11. The number of fused-ring (bicyclic) bond motifs is 1. The van der Waals surface area contributed by atoms with Crippen LogP contribution in [0.2, 0.25) is 0 Å². The van der Waals surface area contributed by atoms with E-state index in [2.05, 4.69) is 20.4 Å². The van der Waals surface area contributed by atoms with Crippen molar-refractivity contribution in [2.24, 2.45) is 16.3 Å². The summed E-state index contributed by atoms with van der Waals surface area (Å²) in [5, 5.41) is 6.54. The molecule has 27 heavy (non-hydrogen) atoms. The highest BCUT2D eigenvalue weighted by atomic mass is 127. The highest BCUT2D eigenvalue weighted by Gasteiger charge is 2.53. The molecule has 3 aliphatic rings. The van der Waals surface area contributed by atoms with Crippen LogP contribution in [-0.2, 0) is 6.54 Å². The number of aliphatic imine (C=N–C) groups is 1. The Balaban J connectivity index is 0.00000210. The van der Waals surface area contributed by atoms with Gasteiger partial charge in [-0.3, -0.25) is 4.99 Å². The van der Waals surface area contributed by atoms with Crippen molar-refractivity contribution in [3.05, 3.63) is 17.7 Å². The molecule has 150 valence electrons. The smallest absolute Gasteiger partial charge is 0.387 e. The Morgan fingerprint density at radius 1 is 1.26 bits per heavy atom. The Morgan fingerprint density at radius 3 is 2.56 bits per heavy atom. The zero-order chi connectivity index (χ0) is 18.1. The zero-order valence-corrected chi connectivity index (χ0v) is 17.4. The average Bonchev–Trinajstić information content (AvgIpc) is 3.52. The molecular formula is C18H24F2IN3O3. The van der Waals surface area contributed by atoms with E-state index in [1.54, 1.807) is 13.1 Å². The first-order chi connectivity index (χ1) is 12.6. The van der Waals surface area contributed by atoms with Gasteiger partial charge in [0.25, 0.3) is 0 Å². The third-order valence-electron chi connectivity index (χ3n) is 5.39. The van der Waals surface area contributed by atoms with Crippen molar-refractivity contribution in [1.82, 2.24) is 10.6 Å². The molecular weight excluding hydrogens is 471 g/mol. The molecule has 6 nitrogen and oxygen atoms in total. The van der Waals surface area contributed by atoms with Crippen molar-refractivity contribution in [2.75, 3.05) is 20.4 Å². The molecule has 1 aromatic rings. The summed E-state index contributed by atoms with van der Waals surface area (Å²) in [4.78, 5) is 4.23. The molecule has 0 unspecified atom stereocenters.